The lowest BCUT2D eigenvalue weighted by molar-refractivity contribution is 0.0841. The van der Waals surface area contributed by atoms with Crippen molar-refractivity contribution in [1.29, 1.82) is 0 Å². The molecule has 8 heteroatoms. The van der Waals surface area contributed by atoms with Gasteiger partial charge in [0.05, 0.1) is 5.56 Å². The van der Waals surface area contributed by atoms with E-state index in [1.54, 1.807) is 48.7 Å². The number of rotatable bonds is 5. The molecular weight excluding hydrogens is 417 g/mol. The fraction of sp³-hybridized carbons (Fsp3) is 0.0526. The van der Waals surface area contributed by atoms with Gasteiger partial charge >= 0.3 is 0 Å². The summed E-state index contributed by atoms with van der Waals surface area (Å²) in [4.78, 5) is 27.1. The van der Waals surface area contributed by atoms with Gasteiger partial charge in [-0.3, -0.25) is 20.4 Å². The lowest BCUT2D eigenvalue weighted by atomic mass is 10.2. The molecule has 0 saturated heterocycles. The molecule has 3 N–H and O–H groups in total. The number of H-pyrrole nitrogens is 1. The van der Waals surface area contributed by atoms with Crippen LogP contribution in [0.2, 0.25) is 0 Å². The molecule has 0 fully saturated rings. The molecular formula is C19H15BrFN3O3. The van der Waals surface area contributed by atoms with Gasteiger partial charge in [-0.1, -0.05) is 24.3 Å². The lowest BCUT2D eigenvalue weighted by Gasteiger charge is -2.12. The summed E-state index contributed by atoms with van der Waals surface area (Å²) in [6.07, 6.45) is 1.61. The Labute approximate surface area is 162 Å². The Morgan fingerprint density at radius 2 is 1.74 bits per heavy atom. The quantitative estimate of drug-likeness (QED) is 0.540. The van der Waals surface area contributed by atoms with Crippen LogP contribution in [0.3, 0.4) is 0 Å². The Morgan fingerprint density at radius 1 is 1.04 bits per heavy atom. The van der Waals surface area contributed by atoms with Crippen molar-refractivity contribution in [2.75, 3.05) is 0 Å². The lowest BCUT2D eigenvalue weighted by Crippen LogP contribution is -2.41. The highest BCUT2D eigenvalue weighted by molar-refractivity contribution is 9.10. The standard InChI is InChI=1S/C19H15BrFN3O3/c20-13-9-16(22-10-13)19(26)24-23-18(25)15-3-1-2-4-17(15)27-11-12-5-7-14(21)8-6-12/h1-10,22H,11H2,(H,23,25)(H,24,26). The predicted octanol–water partition coefficient (Wildman–Crippen LogP) is 3.57. The van der Waals surface area contributed by atoms with Crippen LogP contribution in [0, 0.1) is 5.82 Å². The monoisotopic (exact) mass is 431 g/mol. The van der Waals surface area contributed by atoms with Crippen LogP contribution in [0.1, 0.15) is 26.4 Å². The molecule has 2 amide bonds. The van der Waals surface area contributed by atoms with E-state index in [0.29, 0.717) is 11.4 Å². The fourth-order valence-electron chi connectivity index (χ4n) is 2.27. The first-order valence-corrected chi connectivity index (χ1v) is 8.73. The number of para-hydroxylation sites is 1. The van der Waals surface area contributed by atoms with E-state index in [2.05, 4.69) is 31.8 Å². The number of carbonyl (C=O) groups excluding carboxylic acids is 2. The van der Waals surface area contributed by atoms with Crippen molar-refractivity contribution >= 4 is 27.7 Å². The molecule has 0 aliphatic carbocycles. The van der Waals surface area contributed by atoms with E-state index >= 15 is 0 Å². The number of hydrazine groups is 1. The van der Waals surface area contributed by atoms with Gasteiger partial charge in [-0.05, 0) is 51.8 Å². The zero-order chi connectivity index (χ0) is 19.2. The van der Waals surface area contributed by atoms with Crippen LogP contribution in [0.25, 0.3) is 0 Å². The van der Waals surface area contributed by atoms with Crippen LogP contribution < -0.4 is 15.6 Å². The minimum atomic E-state index is -0.524. The molecule has 0 aliphatic heterocycles. The molecule has 0 atom stereocenters. The zero-order valence-corrected chi connectivity index (χ0v) is 15.5. The minimum Gasteiger partial charge on any atom is -0.488 e. The number of ether oxygens (including phenoxy) is 1. The summed E-state index contributed by atoms with van der Waals surface area (Å²) in [6.45, 7) is 0.174. The number of benzene rings is 2. The normalized spacial score (nSPS) is 10.3. The smallest absolute Gasteiger partial charge is 0.286 e. The highest BCUT2D eigenvalue weighted by atomic mass is 79.9. The number of amides is 2. The van der Waals surface area contributed by atoms with E-state index in [4.69, 9.17) is 4.74 Å². The summed E-state index contributed by atoms with van der Waals surface area (Å²) in [6, 6.07) is 14.1. The average molecular weight is 432 g/mol. The van der Waals surface area contributed by atoms with Crippen LogP contribution in [-0.2, 0) is 6.61 Å². The number of carbonyl (C=O) groups is 2. The molecule has 138 valence electrons. The molecule has 3 aromatic rings. The number of aromatic nitrogens is 1. The molecule has 0 spiro atoms. The summed E-state index contributed by atoms with van der Waals surface area (Å²) in [5, 5.41) is 0. The van der Waals surface area contributed by atoms with Gasteiger partial charge in [-0.15, -0.1) is 0 Å². The maximum atomic E-state index is 13.0. The molecule has 0 unspecified atom stereocenters. The highest BCUT2D eigenvalue weighted by Gasteiger charge is 2.14. The first-order chi connectivity index (χ1) is 13.0. The van der Waals surface area contributed by atoms with Crippen LogP contribution in [0.5, 0.6) is 5.75 Å². The van der Waals surface area contributed by atoms with E-state index in [-0.39, 0.29) is 18.0 Å². The summed E-state index contributed by atoms with van der Waals surface area (Å²) >= 11 is 3.23. The third kappa shape index (κ3) is 4.95. The van der Waals surface area contributed by atoms with Gasteiger partial charge in [-0.25, -0.2) is 4.39 Å². The van der Waals surface area contributed by atoms with Crippen LogP contribution >= 0.6 is 15.9 Å². The summed E-state index contributed by atoms with van der Waals surface area (Å²) < 4.78 is 19.4. The van der Waals surface area contributed by atoms with Gasteiger partial charge < -0.3 is 9.72 Å². The van der Waals surface area contributed by atoms with Gasteiger partial charge in [0.15, 0.2) is 0 Å². The van der Waals surface area contributed by atoms with Crippen molar-refractivity contribution < 1.29 is 18.7 Å². The third-order valence-corrected chi connectivity index (χ3v) is 4.08. The molecule has 0 saturated carbocycles. The van der Waals surface area contributed by atoms with Crippen molar-refractivity contribution in [3.05, 3.63) is 87.9 Å². The van der Waals surface area contributed by atoms with Crippen LogP contribution in [0.4, 0.5) is 4.39 Å². The predicted molar refractivity (Wildman–Crippen MR) is 101 cm³/mol. The first kappa shape index (κ1) is 18.7. The SMILES string of the molecule is O=C(NNC(=O)c1ccccc1OCc1ccc(F)cc1)c1cc(Br)c[nH]1. The summed E-state index contributed by atoms with van der Waals surface area (Å²) in [5.74, 6) is -0.998. The zero-order valence-electron chi connectivity index (χ0n) is 14.0. The van der Waals surface area contributed by atoms with Gasteiger partial charge in [0.1, 0.15) is 23.9 Å². The molecule has 6 nitrogen and oxygen atoms in total. The number of hydrogen-bond acceptors (Lipinski definition) is 3. The third-order valence-electron chi connectivity index (χ3n) is 3.62. The maximum Gasteiger partial charge on any atom is 0.286 e. The Kier molecular flexibility index (Phi) is 5.87. The topological polar surface area (TPSA) is 83.2 Å². The second-order valence-corrected chi connectivity index (χ2v) is 6.47. The van der Waals surface area contributed by atoms with Gasteiger partial charge in [0, 0.05) is 10.7 Å². The number of hydrogen-bond donors (Lipinski definition) is 3. The van der Waals surface area contributed by atoms with Crippen LogP contribution in [-0.4, -0.2) is 16.8 Å². The second kappa shape index (κ2) is 8.50. The molecule has 1 heterocycles. The van der Waals surface area contributed by atoms with E-state index < -0.39 is 11.8 Å². The largest absolute Gasteiger partial charge is 0.488 e. The van der Waals surface area contributed by atoms with E-state index in [9.17, 15) is 14.0 Å². The van der Waals surface area contributed by atoms with E-state index in [1.165, 1.54) is 12.1 Å². The van der Waals surface area contributed by atoms with Gasteiger partial charge in [0.25, 0.3) is 11.8 Å². The summed E-state index contributed by atoms with van der Waals surface area (Å²) in [7, 11) is 0. The maximum absolute atomic E-state index is 13.0. The number of nitrogens with one attached hydrogen (secondary N) is 3. The molecule has 2 aromatic carbocycles. The van der Waals surface area contributed by atoms with Gasteiger partial charge in [-0.2, -0.15) is 0 Å². The van der Waals surface area contributed by atoms with Crippen molar-refractivity contribution in [1.82, 2.24) is 15.8 Å². The highest BCUT2D eigenvalue weighted by Crippen LogP contribution is 2.19. The molecule has 0 radical (unpaired) electrons. The minimum absolute atomic E-state index is 0.174. The van der Waals surface area contributed by atoms with Crippen molar-refractivity contribution in [2.24, 2.45) is 0 Å². The Morgan fingerprint density at radius 3 is 2.44 bits per heavy atom. The second-order valence-electron chi connectivity index (χ2n) is 5.55. The molecule has 0 bridgehead atoms. The van der Waals surface area contributed by atoms with E-state index in [1.807, 2.05) is 0 Å². The van der Waals surface area contributed by atoms with E-state index in [0.717, 1.165) is 10.0 Å². The Balaban J connectivity index is 1.62. The first-order valence-electron chi connectivity index (χ1n) is 7.94. The number of halogens is 2. The Bertz CT molecular complexity index is 957. The van der Waals surface area contributed by atoms with Crippen molar-refractivity contribution in [2.45, 2.75) is 6.61 Å². The molecule has 0 aliphatic rings. The number of aromatic amines is 1. The van der Waals surface area contributed by atoms with Crippen molar-refractivity contribution in [3.8, 4) is 5.75 Å². The van der Waals surface area contributed by atoms with Crippen molar-refractivity contribution in [3.63, 3.8) is 0 Å². The van der Waals surface area contributed by atoms with Crippen LogP contribution in [0.15, 0.2) is 65.3 Å². The van der Waals surface area contributed by atoms with Gasteiger partial charge in [0.2, 0.25) is 0 Å². The Hall–Kier alpha value is -3.13. The molecule has 1 aromatic heterocycles. The molecule has 27 heavy (non-hydrogen) atoms. The summed E-state index contributed by atoms with van der Waals surface area (Å²) in [5.41, 5.74) is 5.99. The average Bonchev–Trinajstić information content (AvgIpc) is 3.12. The fourth-order valence-corrected chi connectivity index (χ4v) is 2.61. The molecule has 3 rings (SSSR count).